The number of halogens is 1. The molecule has 2 aromatic rings. The van der Waals surface area contributed by atoms with Gasteiger partial charge in [0.15, 0.2) is 0 Å². The van der Waals surface area contributed by atoms with Gasteiger partial charge in [-0.2, -0.15) is 0 Å². The van der Waals surface area contributed by atoms with E-state index in [0.717, 1.165) is 18.7 Å². The fourth-order valence-electron chi connectivity index (χ4n) is 3.91. The zero-order valence-electron chi connectivity index (χ0n) is 17.3. The van der Waals surface area contributed by atoms with Crippen molar-refractivity contribution in [3.8, 4) is 5.75 Å². The van der Waals surface area contributed by atoms with E-state index in [1.807, 2.05) is 24.9 Å². The molecule has 0 spiro atoms. The van der Waals surface area contributed by atoms with Gasteiger partial charge in [-0.25, -0.2) is 9.29 Å². The maximum absolute atomic E-state index is 13.6. The molecule has 0 saturated carbocycles. The Bertz CT molecular complexity index is 1020. The van der Waals surface area contributed by atoms with Crippen molar-refractivity contribution in [2.24, 2.45) is 0 Å². The Morgan fingerprint density at radius 1 is 0.933 bits per heavy atom. The summed E-state index contributed by atoms with van der Waals surface area (Å²) in [5.41, 5.74) is 2.51. The van der Waals surface area contributed by atoms with Crippen LogP contribution in [0.1, 0.15) is 11.1 Å². The van der Waals surface area contributed by atoms with Crippen LogP contribution in [-0.2, 0) is 9.59 Å². The molecule has 0 radical (unpaired) electrons. The van der Waals surface area contributed by atoms with Crippen molar-refractivity contribution in [3.63, 3.8) is 0 Å². The summed E-state index contributed by atoms with van der Waals surface area (Å²) in [7, 11) is 3.53. The molecule has 30 heavy (non-hydrogen) atoms. The highest BCUT2D eigenvalue weighted by molar-refractivity contribution is 6.45. The fourth-order valence-corrected chi connectivity index (χ4v) is 3.91. The molecule has 0 bridgehead atoms. The van der Waals surface area contributed by atoms with Gasteiger partial charge in [0.25, 0.3) is 11.8 Å². The number of carbonyl (C=O) groups is 2. The molecule has 7 heteroatoms. The number of imide groups is 1. The predicted molar refractivity (Wildman–Crippen MR) is 113 cm³/mol. The quantitative estimate of drug-likeness (QED) is 0.727. The lowest BCUT2D eigenvalue weighted by Crippen LogP contribution is -2.46. The third kappa shape index (κ3) is 3.45. The molecular weight excluding hydrogens is 385 g/mol. The van der Waals surface area contributed by atoms with Gasteiger partial charge in [0, 0.05) is 26.2 Å². The average molecular weight is 409 g/mol. The van der Waals surface area contributed by atoms with Gasteiger partial charge in [-0.3, -0.25) is 9.59 Å². The SMILES string of the molecule is COc1ccc(C)cc1N1C(=O)C(c2ccc(F)cc2)=C(N2CCN(C)CC2)C1=O. The van der Waals surface area contributed by atoms with E-state index < -0.39 is 11.7 Å². The molecule has 2 amide bonds. The normalized spacial score (nSPS) is 17.9. The molecule has 1 fully saturated rings. The lowest BCUT2D eigenvalue weighted by molar-refractivity contribution is -0.120. The molecular formula is C23H24FN3O3. The summed E-state index contributed by atoms with van der Waals surface area (Å²) in [4.78, 5) is 32.5. The Kier molecular flexibility index (Phi) is 5.30. The van der Waals surface area contributed by atoms with Crippen LogP contribution in [-0.4, -0.2) is 62.0 Å². The number of hydrogen-bond acceptors (Lipinski definition) is 5. The van der Waals surface area contributed by atoms with E-state index in [4.69, 9.17) is 4.74 Å². The van der Waals surface area contributed by atoms with Crippen LogP contribution >= 0.6 is 0 Å². The second-order valence-corrected chi connectivity index (χ2v) is 7.64. The number of aryl methyl sites for hydroxylation is 1. The van der Waals surface area contributed by atoms with Crippen LogP contribution in [0.2, 0.25) is 0 Å². The molecule has 2 heterocycles. The van der Waals surface area contributed by atoms with Crippen LogP contribution in [0.5, 0.6) is 5.75 Å². The Labute approximate surface area is 175 Å². The lowest BCUT2D eigenvalue weighted by atomic mass is 10.0. The molecule has 0 aliphatic carbocycles. The van der Waals surface area contributed by atoms with Gasteiger partial charge in [0.1, 0.15) is 17.3 Å². The first-order chi connectivity index (χ1) is 14.4. The highest BCUT2D eigenvalue weighted by Crippen LogP contribution is 2.39. The minimum atomic E-state index is -0.426. The van der Waals surface area contributed by atoms with Gasteiger partial charge < -0.3 is 14.5 Å². The zero-order chi connectivity index (χ0) is 21.4. The highest BCUT2D eigenvalue weighted by Gasteiger charge is 2.43. The summed E-state index contributed by atoms with van der Waals surface area (Å²) < 4.78 is 18.9. The van der Waals surface area contributed by atoms with Crippen molar-refractivity contribution in [1.82, 2.24) is 9.80 Å². The Morgan fingerprint density at radius 2 is 1.60 bits per heavy atom. The van der Waals surface area contributed by atoms with Crippen LogP contribution in [0, 0.1) is 12.7 Å². The molecule has 0 atom stereocenters. The van der Waals surface area contributed by atoms with E-state index in [9.17, 15) is 14.0 Å². The minimum Gasteiger partial charge on any atom is -0.495 e. The molecule has 2 aromatic carbocycles. The zero-order valence-corrected chi connectivity index (χ0v) is 17.3. The number of carbonyl (C=O) groups excluding carboxylic acids is 2. The molecule has 6 nitrogen and oxygen atoms in total. The van der Waals surface area contributed by atoms with E-state index in [1.54, 1.807) is 24.3 Å². The first-order valence-electron chi connectivity index (χ1n) is 9.88. The van der Waals surface area contributed by atoms with E-state index >= 15 is 0 Å². The predicted octanol–water partition coefficient (Wildman–Crippen LogP) is 2.67. The van der Waals surface area contributed by atoms with Crippen LogP contribution in [0.4, 0.5) is 10.1 Å². The number of ether oxygens (including phenoxy) is 1. The summed E-state index contributed by atoms with van der Waals surface area (Å²) in [6.45, 7) is 4.73. The maximum Gasteiger partial charge on any atom is 0.282 e. The number of nitrogens with zero attached hydrogens (tertiary/aromatic N) is 3. The molecule has 2 aliphatic heterocycles. The average Bonchev–Trinajstić information content (AvgIpc) is 2.99. The molecule has 1 saturated heterocycles. The third-order valence-electron chi connectivity index (χ3n) is 5.59. The smallest absolute Gasteiger partial charge is 0.282 e. The Balaban J connectivity index is 1.84. The Hall–Kier alpha value is -3.19. The maximum atomic E-state index is 13.6. The van der Waals surface area contributed by atoms with Gasteiger partial charge in [0.05, 0.1) is 18.4 Å². The van der Waals surface area contributed by atoms with E-state index in [-0.39, 0.29) is 5.91 Å². The van der Waals surface area contributed by atoms with Gasteiger partial charge in [0.2, 0.25) is 0 Å². The number of rotatable bonds is 4. The molecule has 0 unspecified atom stereocenters. The number of anilines is 1. The number of amides is 2. The molecule has 0 aromatic heterocycles. The Morgan fingerprint density at radius 3 is 2.23 bits per heavy atom. The summed E-state index contributed by atoms with van der Waals surface area (Å²) in [6.07, 6.45) is 0. The summed E-state index contributed by atoms with van der Waals surface area (Å²) in [5.74, 6) is -0.757. The van der Waals surface area contributed by atoms with E-state index in [1.165, 1.54) is 24.1 Å². The minimum absolute atomic E-state index is 0.299. The van der Waals surface area contributed by atoms with Crippen LogP contribution in [0.3, 0.4) is 0 Å². The second kappa shape index (κ2) is 7.91. The van der Waals surface area contributed by atoms with Crippen molar-refractivity contribution < 1.29 is 18.7 Å². The lowest BCUT2D eigenvalue weighted by Gasteiger charge is -2.34. The van der Waals surface area contributed by atoms with E-state index in [0.29, 0.717) is 41.4 Å². The number of hydrogen-bond donors (Lipinski definition) is 0. The first-order valence-corrected chi connectivity index (χ1v) is 9.88. The van der Waals surface area contributed by atoms with Gasteiger partial charge in [-0.05, 0) is 49.4 Å². The van der Waals surface area contributed by atoms with Crippen molar-refractivity contribution in [2.45, 2.75) is 6.92 Å². The summed E-state index contributed by atoms with van der Waals surface area (Å²) >= 11 is 0. The van der Waals surface area contributed by atoms with Gasteiger partial charge in [-0.15, -0.1) is 0 Å². The van der Waals surface area contributed by atoms with Crippen LogP contribution in [0.25, 0.3) is 5.57 Å². The van der Waals surface area contributed by atoms with Gasteiger partial charge in [-0.1, -0.05) is 18.2 Å². The number of likely N-dealkylation sites (N-methyl/N-ethyl adjacent to an activating group) is 1. The summed E-state index contributed by atoms with van der Waals surface area (Å²) in [5, 5.41) is 0. The third-order valence-corrected chi connectivity index (χ3v) is 5.59. The van der Waals surface area contributed by atoms with Crippen LogP contribution < -0.4 is 9.64 Å². The number of methoxy groups -OCH3 is 1. The summed E-state index contributed by atoms with van der Waals surface area (Å²) in [6, 6.07) is 11.1. The van der Waals surface area contributed by atoms with Crippen LogP contribution in [0.15, 0.2) is 48.2 Å². The topological polar surface area (TPSA) is 53.1 Å². The molecule has 0 N–H and O–H groups in total. The van der Waals surface area contributed by atoms with E-state index in [2.05, 4.69) is 4.90 Å². The number of piperazine rings is 1. The largest absolute Gasteiger partial charge is 0.495 e. The molecule has 156 valence electrons. The second-order valence-electron chi connectivity index (χ2n) is 7.64. The number of benzene rings is 2. The standard InChI is InChI=1S/C23H24FN3O3/c1-15-4-9-19(30-3)18(14-15)27-22(28)20(16-5-7-17(24)8-6-16)21(23(27)29)26-12-10-25(2)11-13-26/h4-9,14H,10-13H2,1-3H3. The van der Waals surface area contributed by atoms with Gasteiger partial charge >= 0.3 is 0 Å². The highest BCUT2D eigenvalue weighted by atomic mass is 19.1. The van der Waals surface area contributed by atoms with Crippen molar-refractivity contribution in [3.05, 3.63) is 65.1 Å². The first kappa shape index (κ1) is 20.1. The molecule has 4 rings (SSSR count). The molecule has 2 aliphatic rings. The fraction of sp³-hybridized carbons (Fsp3) is 0.304. The monoisotopic (exact) mass is 409 g/mol. The van der Waals surface area contributed by atoms with Crippen molar-refractivity contribution in [2.75, 3.05) is 45.2 Å². The van der Waals surface area contributed by atoms with Crippen molar-refractivity contribution >= 4 is 23.1 Å². The van der Waals surface area contributed by atoms with Crippen molar-refractivity contribution in [1.29, 1.82) is 0 Å².